The molecule has 0 radical (unpaired) electrons. The Balaban J connectivity index is 3.41. The Morgan fingerprint density at radius 1 is 0.338 bits per heavy atom. The molecule has 0 aromatic rings. The van der Waals surface area contributed by atoms with Crippen LogP contribution in [0.15, 0.2) is 0 Å². The number of hydrogen-bond donors (Lipinski definition) is 3. The van der Waals surface area contributed by atoms with Gasteiger partial charge < -0.3 is 20.3 Å². The Bertz CT molecular complexity index is 1020. The lowest BCUT2D eigenvalue weighted by Gasteiger charge is -2.22. The molecule has 0 saturated heterocycles. The second-order valence-corrected chi connectivity index (χ2v) is 22.8. The molecule has 0 fully saturated rings. The minimum atomic E-state index is -0.673. The van der Waals surface area contributed by atoms with E-state index in [-0.39, 0.29) is 18.5 Å². The summed E-state index contributed by atoms with van der Waals surface area (Å²) in [7, 11) is 0. The number of aliphatic hydroxyl groups excluding tert-OH is 2. The largest absolute Gasteiger partial charge is 0.466 e. The highest BCUT2D eigenvalue weighted by atomic mass is 16.5. The van der Waals surface area contributed by atoms with Crippen LogP contribution in [0.4, 0.5) is 0 Å². The van der Waals surface area contributed by atoms with Crippen molar-refractivity contribution < 1.29 is 24.5 Å². The van der Waals surface area contributed by atoms with Crippen LogP contribution in [0.2, 0.25) is 0 Å². The standard InChI is InChI=1S/C65H129NO5/c1-3-5-7-9-11-13-15-17-19-21-22-23-24-25-26-27-28-29-30-33-37-41-45-49-53-57-63(68)62(61-67)66-64(69)58-54-50-46-42-38-34-32-36-40-44-48-52-56-60-71-65(70)59-55-51-47-43-39-35-31-20-18-16-14-12-10-8-6-4-2/h62-63,67-68H,3-61H2,1-2H3,(H,66,69). The van der Waals surface area contributed by atoms with E-state index in [9.17, 15) is 19.8 Å². The SMILES string of the molecule is CCCCCCCCCCCCCCCCCCCCCCCCCCCC(O)C(CO)NC(=O)CCCCCCCCCCCCCCCOC(=O)CCCCCCCCCCCCCCCCCC. The summed E-state index contributed by atoms with van der Waals surface area (Å²) in [5.74, 6) is -0.0420. The van der Waals surface area contributed by atoms with Gasteiger partial charge in [-0.25, -0.2) is 0 Å². The highest BCUT2D eigenvalue weighted by Crippen LogP contribution is 2.19. The maximum atomic E-state index is 12.5. The Morgan fingerprint density at radius 2 is 0.577 bits per heavy atom. The lowest BCUT2D eigenvalue weighted by Crippen LogP contribution is -2.45. The molecule has 2 unspecified atom stereocenters. The Labute approximate surface area is 445 Å². The zero-order valence-electron chi connectivity index (χ0n) is 48.5. The minimum absolute atomic E-state index is 0.0000642. The van der Waals surface area contributed by atoms with E-state index in [1.807, 2.05) is 0 Å². The summed E-state index contributed by atoms with van der Waals surface area (Å²) in [6.45, 7) is 4.97. The van der Waals surface area contributed by atoms with Gasteiger partial charge in [-0.15, -0.1) is 0 Å². The fourth-order valence-electron chi connectivity index (χ4n) is 10.6. The van der Waals surface area contributed by atoms with Gasteiger partial charge in [0.25, 0.3) is 0 Å². The Hall–Kier alpha value is -1.14. The molecule has 6 heteroatoms. The predicted molar refractivity (Wildman–Crippen MR) is 310 cm³/mol. The summed E-state index contributed by atoms with van der Waals surface area (Å²) in [6, 6.07) is -0.551. The van der Waals surface area contributed by atoms with Crippen LogP contribution >= 0.6 is 0 Å². The number of nitrogens with one attached hydrogen (secondary N) is 1. The van der Waals surface area contributed by atoms with Crippen molar-refractivity contribution in [1.29, 1.82) is 0 Å². The van der Waals surface area contributed by atoms with Gasteiger partial charge in [0.2, 0.25) is 5.91 Å². The molecule has 2 atom stereocenters. The third-order valence-electron chi connectivity index (χ3n) is 15.7. The first-order chi connectivity index (χ1) is 35.0. The van der Waals surface area contributed by atoms with Gasteiger partial charge >= 0.3 is 5.97 Å². The lowest BCUT2D eigenvalue weighted by atomic mass is 10.0. The van der Waals surface area contributed by atoms with Crippen LogP contribution in [0.25, 0.3) is 0 Å². The van der Waals surface area contributed by atoms with E-state index < -0.39 is 12.1 Å². The van der Waals surface area contributed by atoms with Gasteiger partial charge in [-0.05, 0) is 25.7 Å². The number of carbonyl (C=O) groups is 2. The number of unbranched alkanes of at least 4 members (excludes halogenated alkanes) is 51. The van der Waals surface area contributed by atoms with E-state index in [2.05, 4.69) is 19.2 Å². The Morgan fingerprint density at radius 3 is 0.859 bits per heavy atom. The summed E-state index contributed by atoms with van der Waals surface area (Å²) in [5, 5.41) is 23.4. The zero-order chi connectivity index (χ0) is 51.4. The van der Waals surface area contributed by atoms with E-state index in [4.69, 9.17) is 4.74 Å². The molecule has 1 amide bonds. The second kappa shape index (κ2) is 61.4. The first-order valence-electron chi connectivity index (χ1n) is 32.8. The number of hydrogen-bond acceptors (Lipinski definition) is 5. The van der Waals surface area contributed by atoms with Crippen LogP contribution in [-0.4, -0.2) is 47.4 Å². The van der Waals surface area contributed by atoms with Gasteiger partial charge in [-0.2, -0.15) is 0 Å². The highest BCUT2D eigenvalue weighted by Gasteiger charge is 2.20. The summed E-state index contributed by atoms with van der Waals surface area (Å²) in [4.78, 5) is 24.6. The molecule has 0 heterocycles. The fourth-order valence-corrected chi connectivity index (χ4v) is 10.6. The monoisotopic (exact) mass is 1000 g/mol. The number of carbonyl (C=O) groups excluding carboxylic acids is 2. The molecular weight excluding hydrogens is 875 g/mol. The molecule has 0 saturated carbocycles. The molecule has 6 nitrogen and oxygen atoms in total. The molecular formula is C65H129NO5. The van der Waals surface area contributed by atoms with E-state index in [0.29, 0.717) is 25.9 Å². The van der Waals surface area contributed by atoms with Crippen molar-refractivity contribution in [1.82, 2.24) is 5.32 Å². The van der Waals surface area contributed by atoms with Gasteiger partial charge in [0, 0.05) is 12.8 Å². The summed E-state index contributed by atoms with van der Waals surface area (Å²) in [5.41, 5.74) is 0. The van der Waals surface area contributed by atoms with Crippen molar-refractivity contribution in [3.05, 3.63) is 0 Å². The molecule has 71 heavy (non-hydrogen) atoms. The van der Waals surface area contributed by atoms with E-state index >= 15 is 0 Å². The molecule has 0 spiro atoms. The predicted octanol–water partition coefficient (Wildman–Crippen LogP) is 20.6. The third-order valence-corrected chi connectivity index (χ3v) is 15.7. The topological polar surface area (TPSA) is 95.9 Å². The minimum Gasteiger partial charge on any atom is -0.466 e. The van der Waals surface area contributed by atoms with Crippen LogP contribution in [0.3, 0.4) is 0 Å². The average Bonchev–Trinajstić information content (AvgIpc) is 3.37. The van der Waals surface area contributed by atoms with E-state index in [1.54, 1.807) is 0 Å². The van der Waals surface area contributed by atoms with Crippen molar-refractivity contribution in [2.45, 2.75) is 392 Å². The number of rotatable bonds is 62. The van der Waals surface area contributed by atoms with Crippen LogP contribution < -0.4 is 5.32 Å². The average molecular weight is 1000 g/mol. The fraction of sp³-hybridized carbons (Fsp3) is 0.969. The van der Waals surface area contributed by atoms with Crippen molar-refractivity contribution in [3.63, 3.8) is 0 Å². The molecule has 0 aliphatic rings. The molecule has 424 valence electrons. The number of amides is 1. The van der Waals surface area contributed by atoms with Crippen molar-refractivity contribution in [3.8, 4) is 0 Å². The van der Waals surface area contributed by atoms with E-state index in [0.717, 1.165) is 51.4 Å². The van der Waals surface area contributed by atoms with Gasteiger partial charge in [-0.1, -0.05) is 341 Å². The maximum Gasteiger partial charge on any atom is 0.305 e. The molecule has 0 aliphatic carbocycles. The molecule has 0 aliphatic heterocycles. The van der Waals surface area contributed by atoms with Crippen LogP contribution in [-0.2, 0) is 14.3 Å². The third kappa shape index (κ3) is 58.0. The number of ether oxygens (including phenoxy) is 1. The van der Waals surface area contributed by atoms with Crippen molar-refractivity contribution in [2.75, 3.05) is 13.2 Å². The Kier molecular flexibility index (Phi) is 60.4. The first kappa shape index (κ1) is 69.9. The zero-order valence-corrected chi connectivity index (χ0v) is 48.5. The van der Waals surface area contributed by atoms with Crippen molar-refractivity contribution in [2.24, 2.45) is 0 Å². The van der Waals surface area contributed by atoms with Crippen LogP contribution in [0.1, 0.15) is 380 Å². The smallest absolute Gasteiger partial charge is 0.305 e. The van der Waals surface area contributed by atoms with Gasteiger partial charge in [0.15, 0.2) is 0 Å². The summed E-state index contributed by atoms with van der Waals surface area (Å²) >= 11 is 0. The van der Waals surface area contributed by atoms with Gasteiger partial charge in [-0.3, -0.25) is 9.59 Å². The number of esters is 1. The van der Waals surface area contributed by atoms with Crippen LogP contribution in [0.5, 0.6) is 0 Å². The van der Waals surface area contributed by atoms with Gasteiger partial charge in [0.1, 0.15) is 0 Å². The van der Waals surface area contributed by atoms with Crippen molar-refractivity contribution >= 4 is 11.9 Å². The molecule has 0 aromatic carbocycles. The maximum absolute atomic E-state index is 12.5. The normalized spacial score (nSPS) is 12.5. The second-order valence-electron chi connectivity index (χ2n) is 22.8. The molecule has 0 aromatic heterocycles. The molecule has 0 rings (SSSR count). The lowest BCUT2D eigenvalue weighted by molar-refractivity contribution is -0.143. The molecule has 3 N–H and O–H groups in total. The first-order valence-corrected chi connectivity index (χ1v) is 32.8. The highest BCUT2D eigenvalue weighted by molar-refractivity contribution is 5.76. The summed E-state index contributed by atoms with van der Waals surface area (Å²) < 4.78 is 5.49. The quantitative estimate of drug-likeness (QED) is 0.0417. The summed E-state index contributed by atoms with van der Waals surface area (Å²) in [6.07, 6.45) is 72.6. The van der Waals surface area contributed by atoms with E-state index in [1.165, 1.54) is 295 Å². The van der Waals surface area contributed by atoms with Crippen LogP contribution in [0, 0.1) is 0 Å². The molecule has 0 bridgehead atoms. The van der Waals surface area contributed by atoms with Gasteiger partial charge in [0.05, 0.1) is 25.4 Å². The number of aliphatic hydroxyl groups is 2.